The molecule has 0 aromatic heterocycles. The highest BCUT2D eigenvalue weighted by Gasteiger charge is 2.31. The predicted molar refractivity (Wildman–Crippen MR) is 73.6 cm³/mol. The smallest absolute Gasteiger partial charge is 0.239 e. The number of carbonyl (C=O) groups is 2. The maximum Gasteiger partial charge on any atom is 0.239 e. The molecule has 5 heteroatoms. The van der Waals surface area contributed by atoms with Crippen molar-refractivity contribution in [2.45, 2.75) is 38.6 Å². The van der Waals surface area contributed by atoms with Crippen LogP contribution in [0.5, 0.6) is 0 Å². The Hall–Kier alpha value is -1.10. The van der Waals surface area contributed by atoms with Gasteiger partial charge in [-0.05, 0) is 45.7 Å². The molecule has 0 bridgehead atoms. The average Bonchev–Trinajstić information content (AvgIpc) is 2.99. The SMILES string of the molecule is CNC(=O)C1CCN(C(C)C(=O)N2CCCC2)CC1. The third-order valence-electron chi connectivity index (χ3n) is 4.47. The van der Waals surface area contributed by atoms with Crippen LogP contribution in [0.4, 0.5) is 0 Å². The predicted octanol–water partition coefficient (Wildman–Crippen LogP) is 0.455. The van der Waals surface area contributed by atoms with Gasteiger partial charge in [0.15, 0.2) is 0 Å². The van der Waals surface area contributed by atoms with E-state index in [0.717, 1.165) is 51.9 Å². The number of likely N-dealkylation sites (tertiary alicyclic amines) is 2. The second-order valence-corrected chi connectivity index (χ2v) is 5.63. The van der Waals surface area contributed by atoms with Gasteiger partial charge < -0.3 is 10.2 Å². The van der Waals surface area contributed by atoms with Crippen molar-refractivity contribution in [3.63, 3.8) is 0 Å². The molecule has 108 valence electrons. The van der Waals surface area contributed by atoms with Crippen molar-refractivity contribution in [2.24, 2.45) is 5.92 Å². The van der Waals surface area contributed by atoms with E-state index in [4.69, 9.17) is 0 Å². The summed E-state index contributed by atoms with van der Waals surface area (Å²) in [4.78, 5) is 28.1. The fourth-order valence-electron chi connectivity index (χ4n) is 3.11. The molecule has 19 heavy (non-hydrogen) atoms. The van der Waals surface area contributed by atoms with E-state index < -0.39 is 0 Å². The Balaban J connectivity index is 1.83. The summed E-state index contributed by atoms with van der Waals surface area (Å²) in [5.74, 6) is 0.518. The van der Waals surface area contributed by atoms with Crippen molar-refractivity contribution in [1.82, 2.24) is 15.1 Å². The van der Waals surface area contributed by atoms with Crippen molar-refractivity contribution in [3.8, 4) is 0 Å². The quantitative estimate of drug-likeness (QED) is 0.808. The molecule has 2 saturated heterocycles. The maximum absolute atomic E-state index is 12.3. The average molecular weight is 267 g/mol. The first-order chi connectivity index (χ1) is 9.13. The second kappa shape index (κ2) is 6.37. The lowest BCUT2D eigenvalue weighted by atomic mass is 9.95. The molecule has 0 spiro atoms. The number of carbonyl (C=O) groups excluding carboxylic acids is 2. The van der Waals surface area contributed by atoms with Crippen molar-refractivity contribution in [3.05, 3.63) is 0 Å². The third-order valence-corrected chi connectivity index (χ3v) is 4.47. The molecule has 0 radical (unpaired) electrons. The number of nitrogens with zero attached hydrogens (tertiary/aromatic N) is 2. The highest BCUT2D eigenvalue weighted by atomic mass is 16.2. The fraction of sp³-hybridized carbons (Fsp3) is 0.857. The lowest BCUT2D eigenvalue weighted by Gasteiger charge is -2.36. The van der Waals surface area contributed by atoms with Crippen molar-refractivity contribution < 1.29 is 9.59 Å². The zero-order chi connectivity index (χ0) is 13.8. The molecular formula is C14H25N3O2. The van der Waals surface area contributed by atoms with Crippen LogP contribution in [0.1, 0.15) is 32.6 Å². The minimum Gasteiger partial charge on any atom is -0.359 e. The van der Waals surface area contributed by atoms with Gasteiger partial charge >= 0.3 is 0 Å². The summed E-state index contributed by atoms with van der Waals surface area (Å²) in [7, 11) is 1.69. The molecule has 2 aliphatic rings. The molecule has 0 aromatic rings. The summed E-state index contributed by atoms with van der Waals surface area (Å²) in [5, 5.41) is 2.71. The molecule has 0 aliphatic carbocycles. The van der Waals surface area contributed by atoms with Gasteiger partial charge in [-0.2, -0.15) is 0 Å². The van der Waals surface area contributed by atoms with E-state index in [1.165, 1.54) is 0 Å². The first kappa shape index (κ1) is 14.3. The lowest BCUT2D eigenvalue weighted by molar-refractivity contribution is -0.136. The van der Waals surface area contributed by atoms with E-state index >= 15 is 0 Å². The number of piperidine rings is 1. The first-order valence-electron chi connectivity index (χ1n) is 7.38. The van der Waals surface area contributed by atoms with Gasteiger partial charge in [-0.1, -0.05) is 0 Å². The molecule has 2 aliphatic heterocycles. The molecule has 1 atom stereocenters. The largest absolute Gasteiger partial charge is 0.359 e. The summed E-state index contributed by atoms with van der Waals surface area (Å²) in [6, 6.07) is -0.0382. The van der Waals surface area contributed by atoms with Crippen LogP contribution in [0.2, 0.25) is 0 Å². The van der Waals surface area contributed by atoms with Gasteiger partial charge in [-0.3, -0.25) is 14.5 Å². The Kier molecular flexibility index (Phi) is 4.80. The van der Waals surface area contributed by atoms with E-state index in [1.54, 1.807) is 7.05 Å². The molecule has 2 amide bonds. The number of rotatable bonds is 3. The monoisotopic (exact) mass is 267 g/mol. The molecule has 0 saturated carbocycles. The van der Waals surface area contributed by atoms with Crippen LogP contribution in [0.25, 0.3) is 0 Å². The van der Waals surface area contributed by atoms with Crippen LogP contribution in [-0.2, 0) is 9.59 Å². The summed E-state index contributed by atoms with van der Waals surface area (Å²) in [6.07, 6.45) is 3.99. The standard InChI is InChI=1S/C14H25N3O2/c1-11(14(19)17-7-3-4-8-17)16-9-5-12(6-10-16)13(18)15-2/h11-12H,3-10H2,1-2H3,(H,15,18). The molecule has 5 nitrogen and oxygen atoms in total. The van der Waals surface area contributed by atoms with Gasteiger partial charge in [-0.25, -0.2) is 0 Å². The van der Waals surface area contributed by atoms with Crippen LogP contribution in [0.15, 0.2) is 0 Å². The summed E-state index contributed by atoms with van der Waals surface area (Å²) < 4.78 is 0. The van der Waals surface area contributed by atoms with Gasteiger partial charge in [-0.15, -0.1) is 0 Å². The topological polar surface area (TPSA) is 52.7 Å². The Morgan fingerprint density at radius 2 is 1.68 bits per heavy atom. The van der Waals surface area contributed by atoms with E-state index in [-0.39, 0.29) is 23.8 Å². The minimum atomic E-state index is -0.0382. The van der Waals surface area contributed by atoms with Gasteiger partial charge in [0.2, 0.25) is 11.8 Å². The van der Waals surface area contributed by atoms with Crippen LogP contribution >= 0.6 is 0 Å². The van der Waals surface area contributed by atoms with Gasteiger partial charge in [0, 0.05) is 26.1 Å². The highest BCUT2D eigenvalue weighted by molar-refractivity contribution is 5.82. The Morgan fingerprint density at radius 3 is 2.21 bits per heavy atom. The lowest BCUT2D eigenvalue weighted by Crippen LogP contribution is -2.50. The highest BCUT2D eigenvalue weighted by Crippen LogP contribution is 2.20. The Morgan fingerprint density at radius 1 is 1.11 bits per heavy atom. The number of amides is 2. The van der Waals surface area contributed by atoms with Crippen molar-refractivity contribution >= 4 is 11.8 Å². The van der Waals surface area contributed by atoms with Crippen LogP contribution < -0.4 is 5.32 Å². The van der Waals surface area contributed by atoms with Crippen LogP contribution in [0.3, 0.4) is 0 Å². The van der Waals surface area contributed by atoms with Gasteiger partial charge in [0.1, 0.15) is 0 Å². The van der Waals surface area contributed by atoms with E-state index in [9.17, 15) is 9.59 Å². The van der Waals surface area contributed by atoms with E-state index in [1.807, 2.05) is 11.8 Å². The zero-order valence-corrected chi connectivity index (χ0v) is 12.0. The van der Waals surface area contributed by atoms with Crippen LogP contribution in [-0.4, -0.2) is 60.9 Å². The fourth-order valence-corrected chi connectivity index (χ4v) is 3.11. The Labute approximate surface area is 115 Å². The Bertz CT molecular complexity index is 332. The number of hydrogen-bond donors (Lipinski definition) is 1. The second-order valence-electron chi connectivity index (χ2n) is 5.63. The van der Waals surface area contributed by atoms with E-state index in [2.05, 4.69) is 10.2 Å². The van der Waals surface area contributed by atoms with Crippen molar-refractivity contribution in [2.75, 3.05) is 33.2 Å². The first-order valence-corrected chi connectivity index (χ1v) is 7.38. The summed E-state index contributed by atoms with van der Waals surface area (Å²) in [6.45, 7) is 5.52. The molecule has 0 aromatic carbocycles. The molecule has 2 heterocycles. The summed E-state index contributed by atoms with van der Waals surface area (Å²) >= 11 is 0. The van der Waals surface area contributed by atoms with Gasteiger partial charge in [0.05, 0.1) is 6.04 Å². The minimum absolute atomic E-state index is 0.0382. The molecular weight excluding hydrogens is 242 g/mol. The molecule has 2 fully saturated rings. The third kappa shape index (κ3) is 3.26. The maximum atomic E-state index is 12.3. The molecule has 2 rings (SSSR count). The molecule has 1 unspecified atom stereocenters. The zero-order valence-electron chi connectivity index (χ0n) is 12.0. The number of nitrogens with one attached hydrogen (secondary N) is 1. The van der Waals surface area contributed by atoms with Crippen LogP contribution in [0, 0.1) is 5.92 Å². The number of hydrogen-bond acceptors (Lipinski definition) is 3. The normalized spacial score (nSPS) is 23.4. The van der Waals surface area contributed by atoms with Crippen molar-refractivity contribution in [1.29, 1.82) is 0 Å². The molecule has 1 N–H and O–H groups in total. The van der Waals surface area contributed by atoms with Gasteiger partial charge in [0.25, 0.3) is 0 Å². The van der Waals surface area contributed by atoms with E-state index in [0.29, 0.717) is 0 Å². The summed E-state index contributed by atoms with van der Waals surface area (Å²) in [5.41, 5.74) is 0.